The molecule has 0 spiro atoms. The summed E-state index contributed by atoms with van der Waals surface area (Å²) >= 11 is 0. The molecule has 6 heteroatoms. The van der Waals surface area contributed by atoms with Crippen LogP contribution in [-0.2, 0) is 9.53 Å². The first-order valence-electron chi connectivity index (χ1n) is 7.97. The number of likely N-dealkylation sites (tertiary alicyclic amines) is 1. The lowest BCUT2D eigenvalue weighted by Crippen LogP contribution is -2.45. The summed E-state index contributed by atoms with van der Waals surface area (Å²) in [4.78, 5) is 26.2. The molecule has 1 aromatic rings. The molecular weight excluding hydrogens is 310 g/mol. The van der Waals surface area contributed by atoms with E-state index in [1.165, 1.54) is 4.90 Å². The Morgan fingerprint density at radius 1 is 1.21 bits per heavy atom. The largest absolute Gasteiger partial charge is 0.497 e. The smallest absolute Gasteiger partial charge is 0.410 e. The number of carbonyl (C=O) groups is 2. The van der Waals surface area contributed by atoms with Crippen LogP contribution in [-0.4, -0.2) is 49.7 Å². The number of benzene rings is 1. The molecule has 0 bridgehead atoms. The second-order valence-corrected chi connectivity index (χ2v) is 6.82. The Morgan fingerprint density at radius 2 is 1.92 bits per heavy atom. The zero-order valence-electron chi connectivity index (χ0n) is 14.9. The van der Waals surface area contributed by atoms with Crippen LogP contribution in [0.25, 0.3) is 0 Å². The Balaban J connectivity index is 2.14. The number of hydrogen-bond acceptors (Lipinski definition) is 5. The zero-order valence-corrected chi connectivity index (χ0v) is 14.9. The summed E-state index contributed by atoms with van der Waals surface area (Å²) in [5.74, 6) is 0.987. The van der Waals surface area contributed by atoms with E-state index in [4.69, 9.17) is 14.2 Å². The van der Waals surface area contributed by atoms with Crippen LogP contribution in [0.3, 0.4) is 0 Å². The molecule has 1 fully saturated rings. The fraction of sp³-hybridized carbons (Fsp3) is 0.556. The Bertz CT molecular complexity index is 620. The summed E-state index contributed by atoms with van der Waals surface area (Å²) in [6.45, 7) is 5.92. The quantitative estimate of drug-likeness (QED) is 0.849. The van der Waals surface area contributed by atoms with Gasteiger partial charge in [0.05, 0.1) is 26.7 Å². The second kappa shape index (κ2) is 7.11. The van der Waals surface area contributed by atoms with Gasteiger partial charge >= 0.3 is 6.09 Å². The first-order chi connectivity index (χ1) is 11.2. The van der Waals surface area contributed by atoms with Gasteiger partial charge in [0.25, 0.3) is 0 Å². The van der Waals surface area contributed by atoms with Crippen LogP contribution >= 0.6 is 0 Å². The van der Waals surface area contributed by atoms with Gasteiger partial charge in [-0.15, -0.1) is 0 Å². The highest BCUT2D eigenvalue weighted by atomic mass is 16.6. The highest BCUT2D eigenvalue weighted by Gasteiger charge is 2.34. The summed E-state index contributed by atoms with van der Waals surface area (Å²) in [5.41, 5.74) is 0.221. The molecule has 0 unspecified atom stereocenters. The average Bonchev–Trinajstić information content (AvgIpc) is 2.52. The molecule has 1 saturated heterocycles. The summed E-state index contributed by atoms with van der Waals surface area (Å²) in [5, 5.41) is 0. The number of ketones is 1. The maximum Gasteiger partial charge on any atom is 0.410 e. The number of nitrogens with zero attached hydrogens (tertiary/aromatic N) is 1. The third-order valence-electron chi connectivity index (χ3n) is 3.89. The van der Waals surface area contributed by atoms with Crippen LogP contribution in [0.5, 0.6) is 11.5 Å². The van der Waals surface area contributed by atoms with Crippen molar-refractivity contribution in [3.63, 3.8) is 0 Å². The number of carbonyl (C=O) groups excluding carboxylic acids is 2. The lowest BCUT2D eigenvalue weighted by molar-refractivity contribution is -0.123. The van der Waals surface area contributed by atoms with Gasteiger partial charge in [-0.05, 0) is 45.4 Å². The summed E-state index contributed by atoms with van der Waals surface area (Å²) < 4.78 is 16.0. The average molecular weight is 335 g/mol. The fourth-order valence-corrected chi connectivity index (χ4v) is 2.75. The molecule has 2 rings (SSSR count). The Labute approximate surface area is 142 Å². The third kappa shape index (κ3) is 4.19. The monoisotopic (exact) mass is 335 g/mol. The minimum absolute atomic E-state index is 0.0290. The van der Waals surface area contributed by atoms with Crippen molar-refractivity contribution in [2.45, 2.75) is 38.7 Å². The number of methoxy groups -OCH3 is 2. The SMILES string of the molecule is COc1ccc(OC)c([C@@H]2CCN(C(=O)OC(C)(C)C)CC2=O)c1. The standard InChI is InChI=1S/C18H25NO5/c1-18(2,3)24-17(21)19-9-8-13(15(20)11-19)14-10-12(22-4)6-7-16(14)23-5/h6-7,10,13H,8-9,11H2,1-5H3/t13-/m0/s1. The maximum absolute atomic E-state index is 12.6. The van der Waals surface area contributed by atoms with E-state index in [9.17, 15) is 9.59 Å². The summed E-state index contributed by atoms with van der Waals surface area (Å²) in [6, 6.07) is 5.41. The molecule has 24 heavy (non-hydrogen) atoms. The highest BCUT2D eigenvalue weighted by Crippen LogP contribution is 2.35. The van der Waals surface area contributed by atoms with Gasteiger partial charge in [-0.3, -0.25) is 4.79 Å². The van der Waals surface area contributed by atoms with Crippen LogP contribution in [0.4, 0.5) is 4.79 Å². The highest BCUT2D eigenvalue weighted by molar-refractivity contribution is 5.91. The minimum atomic E-state index is -0.576. The fourth-order valence-electron chi connectivity index (χ4n) is 2.75. The molecule has 0 N–H and O–H groups in total. The van der Waals surface area contributed by atoms with Crippen LogP contribution in [0, 0.1) is 0 Å². The van der Waals surface area contributed by atoms with Crippen LogP contribution in [0.2, 0.25) is 0 Å². The van der Waals surface area contributed by atoms with Crippen molar-refractivity contribution in [3.8, 4) is 11.5 Å². The summed E-state index contributed by atoms with van der Waals surface area (Å²) in [6.07, 6.45) is 0.0774. The Morgan fingerprint density at radius 3 is 2.46 bits per heavy atom. The molecular formula is C18H25NO5. The van der Waals surface area contributed by atoms with Gasteiger partial charge in [0, 0.05) is 12.1 Å². The van der Waals surface area contributed by atoms with E-state index in [1.54, 1.807) is 47.1 Å². The van der Waals surface area contributed by atoms with E-state index >= 15 is 0 Å². The number of rotatable bonds is 3. The Hall–Kier alpha value is -2.24. The normalized spacial score (nSPS) is 18.3. The summed E-state index contributed by atoms with van der Waals surface area (Å²) in [7, 11) is 3.16. The molecule has 1 aromatic carbocycles. The first-order valence-corrected chi connectivity index (χ1v) is 7.97. The number of Topliss-reactive ketones (excluding diaryl/α,β-unsaturated/α-hetero) is 1. The minimum Gasteiger partial charge on any atom is -0.497 e. The van der Waals surface area contributed by atoms with Gasteiger partial charge in [0.15, 0.2) is 5.78 Å². The van der Waals surface area contributed by atoms with Gasteiger partial charge in [0.2, 0.25) is 0 Å². The molecule has 6 nitrogen and oxygen atoms in total. The van der Waals surface area contributed by atoms with Gasteiger partial charge in [-0.2, -0.15) is 0 Å². The van der Waals surface area contributed by atoms with E-state index in [0.29, 0.717) is 24.5 Å². The molecule has 1 heterocycles. The lowest BCUT2D eigenvalue weighted by Gasteiger charge is -2.33. The molecule has 1 aliphatic rings. The molecule has 1 atom stereocenters. The number of amides is 1. The molecule has 0 radical (unpaired) electrons. The predicted molar refractivity (Wildman–Crippen MR) is 89.7 cm³/mol. The molecule has 132 valence electrons. The molecule has 1 amide bonds. The maximum atomic E-state index is 12.6. The number of ether oxygens (including phenoxy) is 3. The van der Waals surface area contributed by atoms with Crippen molar-refractivity contribution in [3.05, 3.63) is 23.8 Å². The van der Waals surface area contributed by atoms with E-state index in [-0.39, 0.29) is 18.2 Å². The van der Waals surface area contributed by atoms with E-state index in [1.807, 2.05) is 6.07 Å². The van der Waals surface area contributed by atoms with Gasteiger partial charge in [-0.1, -0.05) is 0 Å². The lowest BCUT2D eigenvalue weighted by atomic mass is 9.87. The van der Waals surface area contributed by atoms with E-state index in [0.717, 1.165) is 5.56 Å². The predicted octanol–water partition coefficient (Wildman–Crippen LogP) is 3.00. The second-order valence-electron chi connectivity index (χ2n) is 6.82. The molecule has 1 aliphatic heterocycles. The third-order valence-corrected chi connectivity index (χ3v) is 3.89. The van der Waals surface area contributed by atoms with Crippen molar-refractivity contribution >= 4 is 11.9 Å². The van der Waals surface area contributed by atoms with Crippen LogP contribution in [0.1, 0.15) is 38.7 Å². The van der Waals surface area contributed by atoms with E-state index < -0.39 is 11.7 Å². The topological polar surface area (TPSA) is 65.1 Å². The van der Waals surface area contributed by atoms with Gasteiger partial charge in [-0.25, -0.2) is 4.79 Å². The zero-order chi connectivity index (χ0) is 17.9. The molecule has 0 aliphatic carbocycles. The molecule has 0 aromatic heterocycles. The van der Waals surface area contributed by atoms with Crippen molar-refractivity contribution in [1.29, 1.82) is 0 Å². The van der Waals surface area contributed by atoms with Gasteiger partial charge < -0.3 is 19.1 Å². The first kappa shape index (κ1) is 18.1. The number of piperidine rings is 1. The van der Waals surface area contributed by atoms with Gasteiger partial charge in [0.1, 0.15) is 17.1 Å². The van der Waals surface area contributed by atoms with Crippen molar-refractivity contribution in [2.75, 3.05) is 27.3 Å². The number of hydrogen-bond donors (Lipinski definition) is 0. The van der Waals surface area contributed by atoms with Crippen molar-refractivity contribution in [2.24, 2.45) is 0 Å². The molecule has 0 saturated carbocycles. The van der Waals surface area contributed by atoms with E-state index in [2.05, 4.69) is 0 Å². The Kier molecular flexibility index (Phi) is 5.36. The van der Waals surface area contributed by atoms with Crippen molar-refractivity contribution < 1.29 is 23.8 Å². The van der Waals surface area contributed by atoms with Crippen molar-refractivity contribution in [1.82, 2.24) is 4.90 Å². The van der Waals surface area contributed by atoms with Crippen LogP contribution < -0.4 is 9.47 Å². The van der Waals surface area contributed by atoms with Crippen LogP contribution in [0.15, 0.2) is 18.2 Å².